The SMILES string of the molecule is CC(=CCl)CS(=O)(=O)CCC(C)(C)C#N. The van der Waals surface area contributed by atoms with E-state index in [1.54, 1.807) is 20.8 Å². The number of hydrogen-bond acceptors (Lipinski definition) is 3. The van der Waals surface area contributed by atoms with Crippen molar-refractivity contribution >= 4 is 21.4 Å². The number of nitriles is 1. The van der Waals surface area contributed by atoms with Crippen LogP contribution in [0.4, 0.5) is 0 Å². The lowest BCUT2D eigenvalue weighted by Crippen LogP contribution is -2.18. The Hall–Kier alpha value is -0.530. The molecule has 0 aliphatic heterocycles. The van der Waals surface area contributed by atoms with Gasteiger partial charge in [0.15, 0.2) is 9.84 Å². The molecular weight excluding hydrogens is 234 g/mol. The van der Waals surface area contributed by atoms with Gasteiger partial charge in [0.05, 0.1) is 23.0 Å². The molecule has 0 saturated carbocycles. The molecule has 5 heteroatoms. The van der Waals surface area contributed by atoms with Gasteiger partial charge < -0.3 is 0 Å². The van der Waals surface area contributed by atoms with Crippen molar-refractivity contribution in [3.63, 3.8) is 0 Å². The van der Waals surface area contributed by atoms with E-state index in [-0.39, 0.29) is 11.5 Å². The normalized spacial score (nSPS) is 13.7. The average Bonchev–Trinajstić information content (AvgIpc) is 2.14. The Morgan fingerprint density at radius 2 is 2.07 bits per heavy atom. The molecule has 0 spiro atoms. The fraction of sp³-hybridized carbons (Fsp3) is 0.700. The summed E-state index contributed by atoms with van der Waals surface area (Å²) in [4.78, 5) is 0. The van der Waals surface area contributed by atoms with Crippen LogP contribution in [0.15, 0.2) is 11.1 Å². The summed E-state index contributed by atoms with van der Waals surface area (Å²) in [5, 5.41) is 8.74. The van der Waals surface area contributed by atoms with Crippen molar-refractivity contribution in [3.8, 4) is 6.07 Å². The van der Waals surface area contributed by atoms with E-state index in [1.165, 1.54) is 5.54 Å². The van der Waals surface area contributed by atoms with Gasteiger partial charge in [0.25, 0.3) is 0 Å². The van der Waals surface area contributed by atoms with Crippen LogP contribution in [0.5, 0.6) is 0 Å². The Morgan fingerprint density at radius 1 is 1.53 bits per heavy atom. The fourth-order valence-electron chi connectivity index (χ4n) is 0.917. The van der Waals surface area contributed by atoms with Gasteiger partial charge in [-0.3, -0.25) is 0 Å². The van der Waals surface area contributed by atoms with Crippen molar-refractivity contribution in [1.82, 2.24) is 0 Å². The Bertz CT molecular complexity index is 377. The van der Waals surface area contributed by atoms with Crippen molar-refractivity contribution in [2.45, 2.75) is 27.2 Å². The van der Waals surface area contributed by atoms with Crippen molar-refractivity contribution in [2.24, 2.45) is 5.41 Å². The standard InChI is InChI=1S/C10H16ClNO2S/c1-9(6-11)7-15(13,14)5-4-10(2,3)8-12/h6H,4-5,7H2,1-3H3. The molecule has 0 N–H and O–H groups in total. The zero-order valence-corrected chi connectivity index (χ0v) is 10.8. The molecule has 0 aliphatic carbocycles. The molecule has 0 amide bonds. The van der Waals surface area contributed by atoms with Crippen LogP contribution in [0.1, 0.15) is 27.2 Å². The highest BCUT2D eigenvalue weighted by Crippen LogP contribution is 2.20. The van der Waals surface area contributed by atoms with E-state index in [1.807, 2.05) is 0 Å². The molecule has 0 radical (unpaired) electrons. The summed E-state index contributed by atoms with van der Waals surface area (Å²) in [6.45, 7) is 5.12. The second-order valence-corrected chi connectivity index (χ2v) is 6.70. The number of hydrogen-bond donors (Lipinski definition) is 0. The lowest BCUT2D eigenvalue weighted by molar-refractivity contribution is 0.473. The van der Waals surface area contributed by atoms with Gasteiger partial charge in [-0.1, -0.05) is 11.6 Å². The summed E-state index contributed by atoms with van der Waals surface area (Å²) >= 11 is 5.40. The quantitative estimate of drug-likeness (QED) is 0.752. The zero-order valence-electron chi connectivity index (χ0n) is 9.25. The minimum absolute atomic E-state index is 0.0234. The van der Waals surface area contributed by atoms with Crippen LogP contribution in [-0.4, -0.2) is 19.9 Å². The molecule has 0 rings (SSSR count). The lowest BCUT2D eigenvalue weighted by Gasteiger charge is -2.14. The summed E-state index contributed by atoms with van der Waals surface area (Å²) in [7, 11) is -3.14. The molecule has 0 fully saturated rings. The zero-order chi connectivity index (χ0) is 12.1. The number of sulfone groups is 1. The van der Waals surface area contributed by atoms with E-state index in [2.05, 4.69) is 6.07 Å². The largest absolute Gasteiger partial charge is 0.229 e. The fourth-order valence-corrected chi connectivity index (χ4v) is 2.83. The third-order valence-corrected chi connectivity index (χ3v) is 4.07. The summed E-state index contributed by atoms with van der Waals surface area (Å²) < 4.78 is 23.1. The molecule has 0 heterocycles. The molecule has 0 bridgehead atoms. The summed E-state index contributed by atoms with van der Waals surface area (Å²) in [6.07, 6.45) is 0.349. The topological polar surface area (TPSA) is 57.9 Å². The Kier molecular flexibility index (Phi) is 5.33. The van der Waals surface area contributed by atoms with Crippen molar-refractivity contribution in [3.05, 3.63) is 11.1 Å². The maximum absolute atomic E-state index is 11.6. The summed E-state index contributed by atoms with van der Waals surface area (Å²) in [5.74, 6) is -0.00631. The maximum Gasteiger partial charge on any atom is 0.154 e. The monoisotopic (exact) mass is 249 g/mol. The van der Waals surface area contributed by atoms with Crippen molar-refractivity contribution in [2.75, 3.05) is 11.5 Å². The Morgan fingerprint density at radius 3 is 2.47 bits per heavy atom. The third kappa shape index (κ3) is 6.53. The number of rotatable bonds is 5. The van der Waals surface area contributed by atoms with E-state index < -0.39 is 15.3 Å². The molecule has 15 heavy (non-hydrogen) atoms. The molecule has 0 unspecified atom stereocenters. The Balaban J connectivity index is 4.38. The van der Waals surface area contributed by atoms with Crippen LogP contribution in [0.2, 0.25) is 0 Å². The van der Waals surface area contributed by atoms with Crippen LogP contribution in [0, 0.1) is 16.7 Å². The average molecular weight is 250 g/mol. The van der Waals surface area contributed by atoms with Crippen molar-refractivity contribution < 1.29 is 8.42 Å². The third-order valence-electron chi connectivity index (χ3n) is 1.97. The van der Waals surface area contributed by atoms with Gasteiger partial charge in [-0.05, 0) is 32.8 Å². The van der Waals surface area contributed by atoms with Crippen LogP contribution >= 0.6 is 11.6 Å². The van der Waals surface area contributed by atoms with Crippen LogP contribution in [-0.2, 0) is 9.84 Å². The maximum atomic E-state index is 11.6. The van der Waals surface area contributed by atoms with Gasteiger partial charge in [0, 0.05) is 5.54 Å². The number of halogens is 1. The lowest BCUT2D eigenvalue weighted by atomic mass is 9.93. The number of nitrogens with zero attached hydrogens (tertiary/aromatic N) is 1. The Labute approximate surface area is 96.7 Å². The van der Waals surface area contributed by atoms with Gasteiger partial charge in [0.2, 0.25) is 0 Å². The second-order valence-electron chi connectivity index (χ2n) is 4.29. The van der Waals surface area contributed by atoms with Crippen molar-refractivity contribution in [1.29, 1.82) is 5.26 Å². The van der Waals surface area contributed by atoms with E-state index in [9.17, 15) is 8.42 Å². The molecule has 0 saturated heterocycles. The molecule has 0 aromatic carbocycles. The van der Waals surface area contributed by atoms with Gasteiger partial charge in [-0.25, -0.2) is 8.42 Å². The summed E-state index contributed by atoms with van der Waals surface area (Å²) in [6, 6.07) is 2.08. The van der Waals surface area contributed by atoms with E-state index >= 15 is 0 Å². The predicted molar refractivity (Wildman–Crippen MR) is 62.3 cm³/mol. The molecule has 86 valence electrons. The first-order valence-corrected chi connectivity index (χ1v) is 6.86. The molecule has 0 atom stereocenters. The smallest absolute Gasteiger partial charge is 0.154 e. The highest BCUT2D eigenvalue weighted by atomic mass is 35.5. The predicted octanol–water partition coefficient (Wildman–Crippen LogP) is 2.48. The van der Waals surface area contributed by atoms with Crippen LogP contribution < -0.4 is 0 Å². The van der Waals surface area contributed by atoms with Gasteiger partial charge in [0.1, 0.15) is 0 Å². The minimum atomic E-state index is -3.14. The van der Waals surface area contributed by atoms with Crippen LogP contribution in [0.3, 0.4) is 0 Å². The molecular formula is C10H16ClNO2S. The first-order valence-electron chi connectivity index (χ1n) is 4.60. The van der Waals surface area contributed by atoms with Gasteiger partial charge in [-0.2, -0.15) is 5.26 Å². The second kappa shape index (κ2) is 5.53. The van der Waals surface area contributed by atoms with Gasteiger partial charge >= 0.3 is 0 Å². The highest BCUT2D eigenvalue weighted by molar-refractivity contribution is 7.91. The molecule has 0 aliphatic rings. The molecule has 0 aromatic rings. The van der Waals surface area contributed by atoms with E-state index in [4.69, 9.17) is 16.9 Å². The molecule has 0 aromatic heterocycles. The van der Waals surface area contributed by atoms with Gasteiger partial charge in [-0.15, -0.1) is 0 Å². The van der Waals surface area contributed by atoms with E-state index in [0.29, 0.717) is 12.0 Å². The first-order chi connectivity index (χ1) is 6.72. The summed E-state index contributed by atoms with van der Waals surface area (Å²) in [5.41, 5.74) is 1.30. The first kappa shape index (κ1) is 14.5. The van der Waals surface area contributed by atoms with E-state index in [0.717, 1.165) is 0 Å². The minimum Gasteiger partial charge on any atom is -0.229 e. The molecule has 3 nitrogen and oxygen atoms in total. The highest BCUT2D eigenvalue weighted by Gasteiger charge is 2.21. The van der Waals surface area contributed by atoms with Crippen LogP contribution in [0.25, 0.3) is 0 Å².